The van der Waals surface area contributed by atoms with Gasteiger partial charge in [0.25, 0.3) is 5.91 Å². The van der Waals surface area contributed by atoms with Crippen molar-refractivity contribution in [3.05, 3.63) is 82.8 Å². The molecule has 9 heteroatoms. The lowest BCUT2D eigenvalue weighted by atomic mass is 10.0. The van der Waals surface area contributed by atoms with Crippen LogP contribution in [0.25, 0.3) is 11.3 Å². The second kappa shape index (κ2) is 12.3. The summed E-state index contributed by atoms with van der Waals surface area (Å²) in [6.07, 6.45) is 3.25. The Labute approximate surface area is 219 Å². The highest BCUT2D eigenvalue weighted by Gasteiger charge is 2.24. The number of hydrogen-bond acceptors (Lipinski definition) is 6. The van der Waals surface area contributed by atoms with Gasteiger partial charge >= 0.3 is 11.9 Å². The average molecular weight is 521 g/mol. The van der Waals surface area contributed by atoms with Gasteiger partial charge in [0, 0.05) is 23.9 Å². The second-order valence-electron chi connectivity index (χ2n) is 9.30. The summed E-state index contributed by atoms with van der Waals surface area (Å²) in [6, 6.07) is 13.4. The number of hydrogen-bond donors (Lipinski definition) is 2. The highest BCUT2D eigenvalue weighted by atomic mass is 19.1. The number of carbonyl (C=O) groups excluding carboxylic acids is 2. The standard InChI is InChI=1S/C29H29FN2O6/c1-18-4-5-20(13-24(18)30)15-32-29(36)23-14-21(8-9-25(23)37-16-19-6-7-19)28-22(3-2-12-31-28)17-38-27(35)11-10-26(33)34/h2-5,8-9,12-14,19H,6-7,10-11,15-17H2,1H3,(H,32,36)(H,33,34). The maximum atomic E-state index is 13.9. The predicted octanol–water partition coefficient (Wildman–Crippen LogP) is 4.82. The van der Waals surface area contributed by atoms with Crippen LogP contribution in [0.5, 0.6) is 5.75 Å². The summed E-state index contributed by atoms with van der Waals surface area (Å²) in [7, 11) is 0. The molecule has 4 rings (SSSR count). The lowest BCUT2D eigenvalue weighted by Gasteiger charge is -2.15. The van der Waals surface area contributed by atoms with Gasteiger partial charge in [-0.25, -0.2) is 4.39 Å². The number of aryl methyl sites for hydroxylation is 1. The molecule has 1 fully saturated rings. The van der Waals surface area contributed by atoms with Crippen LogP contribution in [0, 0.1) is 18.7 Å². The Morgan fingerprint density at radius 1 is 1.11 bits per heavy atom. The van der Waals surface area contributed by atoms with E-state index in [1.54, 1.807) is 55.6 Å². The van der Waals surface area contributed by atoms with Crippen molar-refractivity contribution in [2.45, 2.75) is 45.8 Å². The molecule has 1 saturated carbocycles. The first kappa shape index (κ1) is 26.8. The number of pyridine rings is 1. The Balaban J connectivity index is 1.54. The Morgan fingerprint density at radius 3 is 2.66 bits per heavy atom. The van der Waals surface area contributed by atoms with Crippen molar-refractivity contribution in [2.24, 2.45) is 5.92 Å². The van der Waals surface area contributed by atoms with E-state index in [9.17, 15) is 18.8 Å². The Bertz CT molecular complexity index is 1340. The number of carboxylic acid groups (broad SMARTS) is 1. The molecule has 38 heavy (non-hydrogen) atoms. The van der Waals surface area contributed by atoms with Crippen LogP contribution in [-0.2, 0) is 27.5 Å². The number of halogens is 1. The average Bonchev–Trinajstić information content (AvgIpc) is 3.75. The van der Waals surface area contributed by atoms with Crippen molar-refractivity contribution in [1.29, 1.82) is 0 Å². The fraction of sp³-hybridized carbons (Fsp3) is 0.310. The number of carbonyl (C=O) groups is 3. The summed E-state index contributed by atoms with van der Waals surface area (Å²) in [5, 5.41) is 11.6. The summed E-state index contributed by atoms with van der Waals surface area (Å²) in [5.74, 6) is -1.50. The molecule has 3 aromatic rings. The largest absolute Gasteiger partial charge is 0.492 e. The number of nitrogens with one attached hydrogen (secondary N) is 1. The van der Waals surface area contributed by atoms with E-state index in [0.717, 1.165) is 12.8 Å². The zero-order valence-electron chi connectivity index (χ0n) is 21.0. The van der Waals surface area contributed by atoms with Crippen LogP contribution in [0.3, 0.4) is 0 Å². The van der Waals surface area contributed by atoms with E-state index >= 15 is 0 Å². The van der Waals surface area contributed by atoms with Crippen molar-refractivity contribution in [2.75, 3.05) is 6.61 Å². The molecule has 1 aliphatic rings. The van der Waals surface area contributed by atoms with Crippen molar-refractivity contribution in [1.82, 2.24) is 10.3 Å². The fourth-order valence-corrected chi connectivity index (χ4v) is 3.75. The van der Waals surface area contributed by atoms with E-state index in [0.29, 0.717) is 51.8 Å². The van der Waals surface area contributed by atoms with Crippen LogP contribution in [0.4, 0.5) is 4.39 Å². The first-order valence-electron chi connectivity index (χ1n) is 12.4. The molecule has 0 saturated heterocycles. The molecule has 8 nitrogen and oxygen atoms in total. The van der Waals surface area contributed by atoms with Crippen molar-refractivity contribution in [3.8, 4) is 17.0 Å². The molecule has 2 aromatic carbocycles. The van der Waals surface area contributed by atoms with Crippen LogP contribution in [0.15, 0.2) is 54.7 Å². The third-order valence-corrected chi connectivity index (χ3v) is 6.18. The number of aromatic nitrogens is 1. The number of benzene rings is 2. The van der Waals surface area contributed by atoms with Gasteiger partial charge in [-0.15, -0.1) is 0 Å². The van der Waals surface area contributed by atoms with Crippen molar-refractivity contribution >= 4 is 17.8 Å². The quantitative estimate of drug-likeness (QED) is 0.329. The van der Waals surface area contributed by atoms with Gasteiger partial charge in [-0.3, -0.25) is 19.4 Å². The van der Waals surface area contributed by atoms with Crippen LogP contribution in [-0.4, -0.2) is 34.5 Å². The van der Waals surface area contributed by atoms with Crippen LogP contribution in [0.2, 0.25) is 0 Å². The van der Waals surface area contributed by atoms with Gasteiger partial charge in [-0.2, -0.15) is 0 Å². The highest BCUT2D eigenvalue weighted by molar-refractivity contribution is 5.98. The second-order valence-corrected chi connectivity index (χ2v) is 9.30. The zero-order chi connectivity index (χ0) is 27.1. The smallest absolute Gasteiger partial charge is 0.306 e. The maximum absolute atomic E-state index is 13.9. The minimum Gasteiger partial charge on any atom is -0.492 e. The molecule has 1 aliphatic carbocycles. The van der Waals surface area contributed by atoms with Crippen molar-refractivity contribution < 1.29 is 33.4 Å². The SMILES string of the molecule is Cc1ccc(CNC(=O)c2cc(-c3ncccc3COC(=O)CCC(=O)O)ccc2OCC2CC2)cc1F. The van der Waals surface area contributed by atoms with E-state index < -0.39 is 11.9 Å². The monoisotopic (exact) mass is 520 g/mol. The van der Waals surface area contributed by atoms with Gasteiger partial charge in [0.1, 0.15) is 18.2 Å². The molecule has 0 radical (unpaired) electrons. The van der Waals surface area contributed by atoms with Gasteiger partial charge in [-0.05, 0) is 67.1 Å². The van der Waals surface area contributed by atoms with Gasteiger partial charge < -0.3 is 19.9 Å². The molecule has 0 bridgehead atoms. The molecular weight excluding hydrogens is 491 g/mol. The summed E-state index contributed by atoms with van der Waals surface area (Å²) in [4.78, 5) is 40.3. The van der Waals surface area contributed by atoms with Gasteiger partial charge in [0.2, 0.25) is 0 Å². The Hall–Kier alpha value is -4.27. The number of amides is 1. The number of esters is 1. The minimum absolute atomic E-state index is 0.0952. The van der Waals surface area contributed by atoms with Gasteiger partial charge in [0.15, 0.2) is 0 Å². The van der Waals surface area contributed by atoms with Crippen LogP contribution >= 0.6 is 0 Å². The number of rotatable bonds is 12. The third kappa shape index (κ3) is 7.38. The first-order valence-corrected chi connectivity index (χ1v) is 12.4. The van der Waals surface area contributed by atoms with Crippen molar-refractivity contribution in [3.63, 3.8) is 0 Å². The molecule has 2 N–H and O–H groups in total. The van der Waals surface area contributed by atoms with E-state index in [1.807, 2.05) is 0 Å². The number of carboxylic acids is 1. The van der Waals surface area contributed by atoms with E-state index in [4.69, 9.17) is 14.6 Å². The number of nitrogens with zero attached hydrogens (tertiary/aromatic N) is 1. The Kier molecular flexibility index (Phi) is 8.68. The molecule has 0 atom stereocenters. The number of aliphatic carboxylic acids is 1. The molecular formula is C29H29FN2O6. The lowest BCUT2D eigenvalue weighted by molar-refractivity contribution is -0.148. The van der Waals surface area contributed by atoms with Gasteiger partial charge in [-0.1, -0.05) is 18.2 Å². The Morgan fingerprint density at radius 2 is 1.92 bits per heavy atom. The summed E-state index contributed by atoms with van der Waals surface area (Å²) in [5.41, 5.74) is 3.21. The zero-order valence-corrected chi connectivity index (χ0v) is 21.0. The fourth-order valence-electron chi connectivity index (χ4n) is 3.75. The molecule has 0 spiro atoms. The minimum atomic E-state index is -1.08. The van der Waals surface area contributed by atoms with E-state index in [-0.39, 0.29) is 37.7 Å². The molecule has 0 unspecified atom stereocenters. The maximum Gasteiger partial charge on any atom is 0.306 e. The number of ether oxygens (including phenoxy) is 2. The summed E-state index contributed by atoms with van der Waals surface area (Å²) in [6.45, 7) is 2.24. The third-order valence-electron chi connectivity index (χ3n) is 6.18. The molecule has 0 aliphatic heterocycles. The normalized spacial score (nSPS) is 12.6. The summed E-state index contributed by atoms with van der Waals surface area (Å²) < 4.78 is 25.1. The topological polar surface area (TPSA) is 115 Å². The first-order chi connectivity index (χ1) is 18.3. The molecule has 198 valence electrons. The predicted molar refractivity (Wildman–Crippen MR) is 137 cm³/mol. The molecule has 1 heterocycles. The van der Waals surface area contributed by atoms with Gasteiger partial charge in [0.05, 0.1) is 30.7 Å². The van der Waals surface area contributed by atoms with Crippen LogP contribution in [0.1, 0.15) is 52.7 Å². The van der Waals surface area contributed by atoms with Crippen LogP contribution < -0.4 is 10.1 Å². The van der Waals surface area contributed by atoms with E-state index in [1.165, 1.54) is 6.07 Å². The molecule has 1 aromatic heterocycles. The summed E-state index contributed by atoms with van der Waals surface area (Å²) >= 11 is 0. The van der Waals surface area contributed by atoms with E-state index in [2.05, 4.69) is 10.3 Å². The molecule has 1 amide bonds. The highest BCUT2D eigenvalue weighted by Crippen LogP contribution is 2.32. The lowest BCUT2D eigenvalue weighted by Crippen LogP contribution is -2.24.